The van der Waals surface area contributed by atoms with E-state index in [0.29, 0.717) is 17.9 Å². The lowest BCUT2D eigenvalue weighted by Crippen LogP contribution is -2.29. The lowest BCUT2D eigenvalue weighted by atomic mass is 10.2. The molecular weight excluding hydrogens is 360 g/mol. The van der Waals surface area contributed by atoms with Crippen LogP contribution in [0, 0.1) is 0 Å². The predicted molar refractivity (Wildman–Crippen MR) is 104 cm³/mol. The molecule has 6 heteroatoms. The smallest absolute Gasteiger partial charge is 0.338 e. The van der Waals surface area contributed by atoms with Gasteiger partial charge in [-0.15, -0.1) is 0 Å². The number of rotatable bonds is 11. The fourth-order valence-corrected chi connectivity index (χ4v) is 2.26. The number of ether oxygens (including phenoxy) is 4. The van der Waals surface area contributed by atoms with Gasteiger partial charge < -0.3 is 18.9 Å². The van der Waals surface area contributed by atoms with Gasteiger partial charge in [-0.1, -0.05) is 36.9 Å². The highest BCUT2D eigenvalue weighted by Gasteiger charge is 2.14. The number of carbonyl (C=O) groups is 2. The second kappa shape index (κ2) is 11.6. The van der Waals surface area contributed by atoms with Crippen molar-refractivity contribution < 1.29 is 28.5 Å². The van der Waals surface area contributed by atoms with Crippen LogP contribution < -0.4 is 4.74 Å². The molecule has 2 aromatic rings. The van der Waals surface area contributed by atoms with E-state index in [1.165, 1.54) is 0 Å². The van der Waals surface area contributed by atoms with Crippen LogP contribution in [0.2, 0.25) is 0 Å². The Kier molecular flexibility index (Phi) is 8.75. The van der Waals surface area contributed by atoms with Crippen LogP contribution in [0.1, 0.15) is 22.8 Å². The molecule has 0 bridgehead atoms. The molecule has 1 atom stereocenters. The zero-order chi connectivity index (χ0) is 20.2. The van der Waals surface area contributed by atoms with Crippen LogP contribution in [0.3, 0.4) is 0 Å². The van der Waals surface area contributed by atoms with Crippen LogP contribution in [0.4, 0.5) is 0 Å². The molecule has 0 aromatic heterocycles. The molecule has 0 saturated carbocycles. The third kappa shape index (κ3) is 7.25. The average Bonchev–Trinajstić information content (AvgIpc) is 2.74. The second-order valence-electron chi connectivity index (χ2n) is 5.82. The minimum Gasteiger partial charge on any atom is -0.490 e. The molecule has 0 aliphatic rings. The fourth-order valence-electron chi connectivity index (χ4n) is 2.26. The lowest BCUT2D eigenvalue weighted by molar-refractivity contribution is -0.147. The predicted octanol–water partition coefficient (Wildman–Crippen LogP) is 3.56. The first kappa shape index (κ1) is 21.2. The van der Waals surface area contributed by atoms with Crippen molar-refractivity contribution in [3.63, 3.8) is 0 Å². The third-order valence-electron chi connectivity index (χ3n) is 3.70. The largest absolute Gasteiger partial charge is 0.490 e. The molecular formula is C22H24O6. The Hall–Kier alpha value is -3.12. The highest BCUT2D eigenvalue weighted by Crippen LogP contribution is 2.14. The van der Waals surface area contributed by atoms with Crippen molar-refractivity contribution in [1.29, 1.82) is 0 Å². The van der Waals surface area contributed by atoms with Crippen molar-refractivity contribution in [3.8, 4) is 5.75 Å². The summed E-state index contributed by atoms with van der Waals surface area (Å²) in [6.07, 6.45) is 0.537. The van der Waals surface area contributed by atoms with E-state index in [0.717, 1.165) is 11.6 Å². The van der Waals surface area contributed by atoms with Crippen LogP contribution in [0.5, 0.6) is 5.75 Å². The van der Waals surface area contributed by atoms with Crippen LogP contribution in [0.25, 0.3) is 0 Å². The lowest BCUT2D eigenvalue weighted by Gasteiger charge is -2.17. The molecule has 1 unspecified atom stereocenters. The maximum Gasteiger partial charge on any atom is 0.338 e. The summed E-state index contributed by atoms with van der Waals surface area (Å²) in [5.74, 6) is -0.412. The van der Waals surface area contributed by atoms with Crippen LogP contribution in [-0.2, 0) is 25.6 Å². The van der Waals surface area contributed by atoms with E-state index < -0.39 is 18.0 Å². The summed E-state index contributed by atoms with van der Waals surface area (Å²) < 4.78 is 21.4. The van der Waals surface area contributed by atoms with Crippen molar-refractivity contribution in [2.24, 2.45) is 0 Å². The summed E-state index contributed by atoms with van der Waals surface area (Å²) in [5.41, 5.74) is 1.34. The SMILES string of the molecule is C=CC(=O)OC(COCC)COc1ccc(C(=O)OCc2ccccc2)cc1. The van der Waals surface area contributed by atoms with Gasteiger partial charge in [0.25, 0.3) is 0 Å². The molecule has 0 aliphatic carbocycles. The van der Waals surface area contributed by atoms with Gasteiger partial charge in [-0.2, -0.15) is 0 Å². The summed E-state index contributed by atoms with van der Waals surface area (Å²) in [6.45, 7) is 6.28. The van der Waals surface area contributed by atoms with E-state index in [1.54, 1.807) is 24.3 Å². The van der Waals surface area contributed by atoms with Gasteiger partial charge in [-0.25, -0.2) is 9.59 Å². The molecule has 0 radical (unpaired) electrons. The van der Waals surface area contributed by atoms with E-state index in [2.05, 4.69) is 6.58 Å². The van der Waals surface area contributed by atoms with Gasteiger partial charge in [0.2, 0.25) is 0 Å². The van der Waals surface area contributed by atoms with Crippen molar-refractivity contribution in [1.82, 2.24) is 0 Å². The minimum absolute atomic E-state index is 0.122. The molecule has 6 nitrogen and oxygen atoms in total. The second-order valence-corrected chi connectivity index (χ2v) is 5.82. The Bertz CT molecular complexity index is 754. The standard InChI is InChI=1S/C22H24O6/c1-3-21(23)28-20(15-25-4-2)16-26-19-12-10-18(11-13-19)22(24)27-14-17-8-6-5-7-9-17/h3,5-13,20H,1,4,14-16H2,2H3. The Labute approximate surface area is 164 Å². The number of esters is 2. The van der Waals surface area contributed by atoms with E-state index >= 15 is 0 Å². The number of hydrogen-bond donors (Lipinski definition) is 0. The highest BCUT2D eigenvalue weighted by atomic mass is 16.6. The normalized spacial score (nSPS) is 11.3. The number of hydrogen-bond acceptors (Lipinski definition) is 6. The molecule has 148 valence electrons. The Morgan fingerprint density at radius 1 is 1.04 bits per heavy atom. The highest BCUT2D eigenvalue weighted by molar-refractivity contribution is 5.89. The maximum absolute atomic E-state index is 12.1. The van der Waals surface area contributed by atoms with Gasteiger partial charge in [-0.05, 0) is 36.8 Å². The minimum atomic E-state index is -0.555. The number of benzene rings is 2. The molecule has 0 aliphatic heterocycles. The molecule has 0 fully saturated rings. The molecule has 0 amide bonds. The van der Waals surface area contributed by atoms with Gasteiger partial charge >= 0.3 is 11.9 Å². The molecule has 2 aromatic carbocycles. The van der Waals surface area contributed by atoms with Gasteiger partial charge in [0, 0.05) is 12.7 Å². The van der Waals surface area contributed by atoms with Crippen LogP contribution in [-0.4, -0.2) is 37.9 Å². The molecule has 28 heavy (non-hydrogen) atoms. The zero-order valence-electron chi connectivity index (χ0n) is 15.8. The van der Waals surface area contributed by atoms with Gasteiger partial charge in [0.1, 0.15) is 19.0 Å². The van der Waals surface area contributed by atoms with Crippen molar-refractivity contribution >= 4 is 11.9 Å². The zero-order valence-corrected chi connectivity index (χ0v) is 15.8. The third-order valence-corrected chi connectivity index (χ3v) is 3.70. The molecule has 0 heterocycles. The van der Waals surface area contributed by atoms with Crippen molar-refractivity contribution in [3.05, 3.63) is 78.4 Å². The number of carbonyl (C=O) groups excluding carboxylic acids is 2. The molecule has 0 saturated heterocycles. The first-order chi connectivity index (χ1) is 13.6. The monoisotopic (exact) mass is 384 g/mol. The van der Waals surface area contributed by atoms with Crippen molar-refractivity contribution in [2.75, 3.05) is 19.8 Å². The fraction of sp³-hybridized carbons (Fsp3) is 0.273. The van der Waals surface area contributed by atoms with E-state index in [9.17, 15) is 9.59 Å². The van der Waals surface area contributed by atoms with Gasteiger partial charge in [0.05, 0.1) is 12.2 Å². The van der Waals surface area contributed by atoms with E-state index in [4.69, 9.17) is 18.9 Å². The average molecular weight is 384 g/mol. The first-order valence-corrected chi connectivity index (χ1v) is 8.97. The maximum atomic E-state index is 12.1. The van der Waals surface area contributed by atoms with Gasteiger partial charge in [-0.3, -0.25) is 0 Å². The quantitative estimate of drug-likeness (QED) is 0.436. The Morgan fingerprint density at radius 3 is 2.39 bits per heavy atom. The summed E-state index contributed by atoms with van der Waals surface area (Å²) in [5, 5.41) is 0. The Balaban J connectivity index is 1.85. The van der Waals surface area contributed by atoms with E-state index in [1.807, 2.05) is 37.3 Å². The van der Waals surface area contributed by atoms with Crippen molar-refractivity contribution in [2.45, 2.75) is 19.6 Å². The summed E-state index contributed by atoms with van der Waals surface area (Å²) in [4.78, 5) is 23.5. The molecule has 2 rings (SSSR count). The topological polar surface area (TPSA) is 71.1 Å². The van der Waals surface area contributed by atoms with Crippen LogP contribution in [0.15, 0.2) is 67.3 Å². The first-order valence-electron chi connectivity index (χ1n) is 8.97. The Morgan fingerprint density at radius 2 is 1.75 bits per heavy atom. The van der Waals surface area contributed by atoms with Crippen LogP contribution >= 0.6 is 0 Å². The summed E-state index contributed by atoms with van der Waals surface area (Å²) in [7, 11) is 0. The van der Waals surface area contributed by atoms with Gasteiger partial charge in [0.15, 0.2) is 6.10 Å². The molecule has 0 spiro atoms. The summed E-state index contributed by atoms with van der Waals surface area (Å²) >= 11 is 0. The van der Waals surface area contributed by atoms with E-state index in [-0.39, 0.29) is 19.8 Å². The molecule has 0 N–H and O–H groups in total. The summed E-state index contributed by atoms with van der Waals surface area (Å²) in [6, 6.07) is 16.0.